The minimum absolute atomic E-state index is 0.234. The molecular weight excluding hydrogens is 422 g/mol. The molecule has 0 atom stereocenters. The van der Waals surface area contributed by atoms with Crippen molar-refractivity contribution in [1.82, 2.24) is 14.9 Å². The first-order valence-corrected chi connectivity index (χ1v) is 10.8. The van der Waals surface area contributed by atoms with Crippen molar-refractivity contribution in [3.05, 3.63) is 41.0 Å². The molecule has 1 amide bonds. The van der Waals surface area contributed by atoms with E-state index in [1.54, 1.807) is 30.3 Å². The van der Waals surface area contributed by atoms with Crippen LogP contribution in [0.2, 0.25) is 5.02 Å². The number of rotatable bonds is 7. The number of nitrogens with one attached hydrogen (secondary N) is 1. The molecule has 2 aliphatic rings. The summed E-state index contributed by atoms with van der Waals surface area (Å²) in [6, 6.07) is 8.55. The SMILES string of the molecule is O=C(Nc1cccc(Cl)c1)c1cc(OCCN2CCOCC2)nc(N2CCOCC2)n1. The van der Waals surface area contributed by atoms with Gasteiger partial charge < -0.3 is 24.4 Å². The minimum Gasteiger partial charge on any atom is -0.476 e. The van der Waals surface area contributed by atoms with Crippen LogP contribution in [0.15, 0.2) is 30.3 Å². The summed E-state index contributed by atoms with van der Waals surface area (Å²) in [5.74, 6) is 0.488. The normalized spacial score (nSPS) is 17.4. The summed E-state index contributed by atoms with van der Waals surface area (Å²) in [5.41, 5.74) is 0.830. The van der Waals surface area contributed by atoms with E-state index in [1.807, 2.05) is 4.90 Å². The molecule has 0 aliphatic carbocycles. The Morgan fingerprint density at radius 1 is 1.06 bits per heavy atom. The first kappa shape index (κ1) is 21.8. The molecule has 1 N–H and O–H groups in total. The zero-order valence-corrected chi connectivity index (χ0v) is 18.0. The lowest BCUT2D eigenvalue weighted by Gasteiger charge is -2.27. The second-order valence-corrected chi connectivity index (χ2v) is 7.69. The van der Waals surface area contributed by atoms with Crippen LogP contribution in [0.1, 0.15) is 10.5 Å². The highest BCUT2D eigenvalue weighted by atomic mass is 35.5. The number of halogens is 1. The van der Waals surface area contributed by atoms with Crippen molar-refractivity contribution in [3.63, 3.8) is 0 Å². The first-order valence-electron chi connectivity index (χ1n) is 10.4. The molecule has 2 aromatic rings. The lowest BCUT2D eigenvalue weighted by atomic mass is 10.3. The van der Waals surface area contributed by atoms with Crippen LogP contribution in [0.3, 0.4) is 0 Å². The fraction of sp³-hybridized carbons (Fsp3) is 0.476. The molecule has 31 heavy (non-hydrogen) atoms. The monoisotopic (exact) mass is 447 g/mol. The van der Waals surface area contributed by atoms with Crippen molar-refractivity contribution in [3.8, 4) is 5.88 Å². The average molecular weight is 448 g/mol. The third kappa shape index (κ3) is 6.27. The van der Waals surface area contributed by atoms with E-state index in [1.165, 1.54) is 0 Å². The predicted molar refractivity (Wildman–Crippen MR) is 117 cm³/mol. The number of anilines is 2. The van der Waals surface area contributed by atoms with E-state index in [0.717, 1.165) is 32.8 Å². The van der Waals surface area contributed by atoms with E-state index < -0.39 is 0 Å². The van der Waals surface area contributed by atoms with Gasteiger partial charge in [-0.25, -0.2) is 4.98 Å². The molecule has 0 saturated carbocycles. The van der Waals surface area contributed by atoms with Crippen LogP contribution in [0.4, 0.5) is 11.6 Å². The number of morpholine rings is 2. The van der Waals surface area contributed by atoms with E-state index in [2.05, 4.69) is 20.2 Å². The summed E-state index contributed by atoms with van der Waals surface area (Å²) >= 11 is 6.02. The summed E-state index contributed by atoms with van der Waals surface area (Å²) < 4.78 is 16.7. The van der Waals surface area contributed by atoms with Gasteiger partial charge in [0, 0.05) is 49.5 Å². The lowest BCUT2D eigenvalue weighted by Crippen LogP contribution is -2.39. The van der Waals surface area contributed by atoms with E-state index >= 15 is 0 Å². The highest BCUT2D eigenvalue weighted by Crippen LogP contribution is 2.20. The molecule has 0 radical (unpaired) electrons. The van der Waals surface area contributed by atoms with Gasteiger partial charge in [-0.05, 0) is 18.2 Å². The van der Waals surface area contributed by atoms with Crippen LogP contribution in [-0.4, -0.2) is 86.5 Å². The molecule has 3 heterocycles. The highest BCUT2D eigenvalue weighted by molar-refractivity contribution is 6.30. The molecule has 2 aliphatic heterocycles. The number of carbonyl (C=O) groups excluding carboxylic acids is 1. The standard InChI is InChI=1S/C21H26ClN5O4/c22-16-2-1-3-17(14-16)23-20(28)18-15-19(31-13-6-26-4-9-29-10-5-26)25-21(24-18)27-7-11-30-12-8-27/h1-3,14-15H,4-13H2,(H,23,28). The van der Waals surface area contributed by atoms with E-state index in [0.29, 0.717) is 55.4 Å². The Morgan fingerprint density at radius 3 is 2.55 bits per heavy atom. The number of nitrogens with zero attached hydrogens (tertiary/aromatic N) is 4. The molecule has 166 valence electrons. The van der Waals surface area contributed by atoms with Gasteiger partial charge in [-0.1, -0.05) is 17.7 Å². The topological polar surface area (TPSA) is 89.0 Å². The Hall–Kier alpha value is -2.46. The number of hydrogen-bond acceptors (Lipinski definition) is 8. The number of aromatic nitrogens is 2. The Bertz CT molecular complexity index is 888. The van der Waals surface area contributed by atoms with Crippen LogP contribution in [0.5, 0.6) is 5.88 Å². The molecule has 10 heteroatoms. The molecule has 4 rings (SSSR count). The maximum Gasteiger partial charge on any atom is 0.274 e. The van der Waals surface area contributed by atoms with Gasteiger partial charge >= 0.3 is 0 Å². The van der Waals surface area contributed by atoms with E-state index in [4.69, 9.17) is 25.8 Å². The van der Waals surface area contributed by atoms with Crippen molar-refractivity contribution in [1.29, 1.82) is 0 Å². The van der Waals surface area contributed by atoms with Crippen LogP contribution < -0.4 is 15.0 Å². The summed E-state index contributed by atoms with van der Waals surface area (Å²) in [7, 11) is 0. The van der Waals surface area contributed by atoms with Crippen LogP contribution in [0, 0.1) is 0 Å². The van der Waals surface area contributed by atoms with Crippen LogP contribution in [-0.2, 0) is 9.47 Å². The quantitative estimate of drug-likeness (QED) is 0.688. The zero-order valence-electron chi connectivity index (χ0n) is 17.3. The molecule has 1 aromatic carbocycles. The Morgan fingerprint density at radius 2 is 1.81 bits per heavy atom. The second-order valence-electron chi connectivity index (χ2n) is 7.26. The van der Waals surface area contributed by atoms with Crippen molar-refractivity contribution in [2.45, 2.75) is 0 Å². The molecule has 0 spiro atoms. The first-order chi connectivity index (χ1) is 15.2. The number of carbonyl (C=O) groups is 1. The summed E-state index contributed by atoms with van der Waals surface area (Å²) in [6.45, 7) is 6.99. The van der Waals surface area contributed by atoms with E-state index in [9.17, 15) is 4.79 Å². The van der Waals surface area contributed by atoms with Crippen LogP contribution in [0.25, 0.3) is 0 Å². The van der Waals surface area contributed by atoms with Crippen molar-refractivity contribution in [2.75, 3.05) is 76.0 Å². The van der Waals surface area contributed by atoms with Gasteiger partial charge in [0.05, 0.1) is 26.4 Å². The Kier molecular flexibility index (Phi) is 7.52. The fourth-order valence-corrected chi connectivity index (χ4v) is 3.56. The summed E-state index contributed by atoms with van der Waals surface area (Å²) in [6.07, 6.45) is 0. The van der Waals surface area contributed by atoms with Gasteiger partial charge in [-0.15, -0.1) is 0 Å². The van der Waals surface area contributed by atoms with Gasteiger partial charge in [-0.3, -0.25) is 9.69 Å². The van der Waals surface area contributed by atoms with Gasteiger partial charge in [-0.2, -0.15) is 4.98 Å². The van der Waals surface area contributed by atoms with Crippen molar-refractivity contribution in [2.24, 2.45) is 0 Å². The Labute approximate surface area is 186 Å². The smallest absolute Gasteiger partial charge is 0.274 e. The zero-order chi connectivity index (χ0) is 21.5. The van der Waals surface area contributed by atoms with Gasteiger partial charge in [0.15, 0.2) is 0 Å². The number of ether oxygens (including phenoxy) is 3. The number of amides is 1. The molecule has 2 fully saturated rings. The average Bonchev–Trinajstić information content (AvgIpc) is 2.80. The largest absolute Gasteiger partial charge is 0.476 e. The minimum atomic E-state index is -0.350. The summed E-state index contributed by atoms with van der Waals surface area (Å²) in [5, 5.41) is 3.37. The van der Waals surface area contributed by atoms with Gasteiger partial charge in [0.1, 0.15) is 12.3 Å². The Balaban J connectivity index is 1.48. The predicted octanol–water partition coefficient (Wildman–Crippen LogP) is 1.93. The van der Waals surface area contributed by atoms with Crippen LogP contribution >= 0.6 is 11.6 Å². The molecule has 1 aromatic heterocycles. The number of hydrogen-bond donors (Lipinski definition) is 1. The maximum atomic E-state index is 12.9. The molecule has 2 saturated heterocycles. The van der Waals surface area contributed by atoms with Gasteiger partial charge in [0.25, 0.3) is 5.91 Å². The third-order valence-electron chi connectivity index (χ3n) is 5.06. The molecule has 9 nitrogen and oxygen atoms in total. The van der Waals surface area contributed by atoms with E-state index in [-0.39, 0.29) is 11.6 Å². The molecule has 0 bridgehead atoms. The molecule has 0 unspecified atom stereocenters. The van der Waals surface area contributed by atoms with Crippen molar-refractivity contribution < 1.29 is 19.0 Å². The fourth-order valence-electron chi connectivity index (χ4n) is 3.37. The summed E-state index contributed by atoms with van der Waals surface area (Å²) in [4.78, 5) is 26.2. The van der Waals surface area contributed by atoms with Crippen molar-refractivity contribution >= 4 is 29.1 Å². The third-order valence-corrected chi connectivity index (χ3v) is 5.30. The molecular formula is C21H26ClN5O4. The van der Waals surface area contributed by atoms with Gasteiger partial charge in [0.2, 0.25) is 11.8 Å². The lowest BCUT2D eigenvalue weighted by molar-refractivity contribution is 0.0320. The number of benzene rings is 1. The maximum absolute atomic E-state index is 12.9. The highest BCUT2D eigenvalue weighted by Gasteiger charge is 2.19. The second kappa shape index (κ2) is 10.7.